The van der Waals surface area contributed by atoms with E-state index in [2.05, 4.69) is 39.0 Å². The molecule has 1 aliphatic carbocycles. The molecule has 0 aromatic heterocycles. The summed E-state index contributed by atoms with van der Waals surface area (Å²) in [4.78, 5) is 2.52. The van der Waals surface area contributed by atoms with E-state index in [-0.39, 0.29) is 5.41 Å². The fraction of sp³-hybridized carbons (Fsp3) is 0.571. The molecule has 0 unspecified atom stereocenters. The third-order valence-electron chi connectivity index (χ3n) is 4.21. The Bertz CT molecular complexity index is 420. The highest BCUT2D eigenvalue weighted by Gasteiger charge is 2.46. The van der Waals surface area contributed by atoms with Crippen molar-refractivity contribution in [2.24, 2.45) is 5.73 Å². The topological polar surface area (TPSA) is 29.3 Å². The van der Waals surface area contributed by atoms with E-state index in [0.29, 0.717) is 0 Å². The molecule has 1 aromatic carbocycles. The maximum Gasteiger partial charge on any atom is 0.0416 e. The van der Waals surface area contributed by atoms with Crippen molar-refractivity contribution in [3.8, 4) is 0 Å². The molecule has 2 nitrogen and oxygen atoms in total. The van der Waals surface area contributed by atoms with Crippen molar-refractivity contribution in [3.63, 3.8) is 0 Å². The Hall–Kier alpha value is -0.540. The second-order valence-corrected chi connectivity index (χ2v) is 6.17. The summed E-state index contributed by atoms with van der Waals surface area (Å²) in [6.45, 7) is 3.17. The molecule has 2 aliphatic rings. The first kappa shape index (κ1) is 11.5. The van der Waals surface area contributed by atoms with Gasteiger partial charge in [0.25, 0.3) is 0 Å². The molecule has 17 heavy (non-hydrogen) atoms. The second kappa shape index (κ2) is 4.29. The van der Waals surface area contributed by atoms with Gasteiger partial charge in [0.15, 0.2) is 0 Å². The van der Waals surface area contributed by atoms with E-state index in [0.717, 1.165) is 6.54 Å². The lowest BCUT2D eigenvalue weighted by Gasteiger charge is -2.26. The lowest BCUT2D eigenvalue weighted by Crippen LogP contribution is -2.26. The Balaban J connectivity index is 2.05. The largest absolute Gasteiger partial charge is 0.371 e. The molecule has 0 atom stereocenters. The van der Waals surface area contributed by atoms with Crippen LogP contribution in [0, 0.1) is 0 Å². The summed E-state index contributed by atoms with van der Waals surface area (Å²) < 4.78 is 1.24. The van der Waals surface area contributed by atoms with E-state index >= 15 is 0 Å². The molecule has 1 saturated carbocycles. The number of benzene rings is 1. The molecule has 2 fully saturated rings. The Labute approximate surface area is 111 Å². The van der Waals surface area contributed by atoms with Gasteiger partial charge in [-0.1, -0.05) is 22.0 Å². The van der Waals surface area contributed by atoms with Crippen LogP contribution < -0.4 is 10.6 Å². The van der Waals surface area contributed by atoms with E-state index < -0.39 is 0 Å². The normalized spacial score (nSPS) is 21.9. The Morgan fingerprint density at radius 3 is 2.53 bits per heavy atom. The number of anilines is 1. The smallest absolute Gasteiger partial charge is 0.0416 e. The van der Waals surface area contributed by atoms with Crippen LogP contribution in [0.25, 0.3) is 0 Å². The minimum absolute atomic E-state index is 0.262. The summed E-state index contributed by atoms with van der Waals surface area (Å²) >= 11 is 3.73. The first-order valence-corrected chi connectivity index (χ1v) is 7.30. The number of halogens is 1. The van der Waals surface area contributed by atoms with Gasteiger partial charge < -0.3 is 10.6 Å². The highest BCUT2D eigenvalue weighted by molar-refractivity contribution is 9.10. The molecule has 0 amide bonds. The number of rotatable bonds is 3. The number of hydrogen-bond acceptors (Lipinski definition) is 2. The lowest BCUT2D eigenvalue weighted by molar-refractivity contribution is 0.696. The summed E-state index contributed by atoms with van der Waals surface area (Å²) in [6, 6.07) is 6.57. The Morgan fingerprint density at radius 1 is 1.24 bits per heavy atom. The molecular formula is C14H19BrN2. The van der Waals surface area contributed by atoms with Gasteiger partial charge in [-0.25, -0.2) is 0 Å². The van der Waals surface area contributed by atoms with Crippen LogP contribution in [0.5, 0.6) is 0 Å². The monoisotopic (exact) mass is 294 g/mol. The van der Waals surface area contributed by atoms with Gasteiger partial charge in [0.2, 0.25) is 0 Å². The average Bonchev–Trinajstić information content (AvgIpc) is 2.94. The van der Waals surface area contributed by atoms with Gasteiger partial charge in [-0.3, -0.25) is 0 Å². The summed E-state index contributed by atoms with van der Waals surface area (Å²) in [5.74, 6) is 0. The average molecular weight is 295 g/mol. The predicted octanol–water partition coefficient (Wildman–Crippen LogP) is 3.04. The zero-order valence-electron chi connectivity index (χ0n) is 10.1. The zero-order chi connectivity index (χ0) is 11.9. The molecule has 2 N–H and O–H groups in total. The van der Waals surface area contributed by atoms with E-state index in [1.54, 1.807) is 0 Å². The van der Waals surface area contributed by atoms with Crippen LogP contribution in [-0.2, 0) is 5.41 Å². The third-order valence-corrected chi connectivity index (χ3v) is 4.87. The first-order chi connectivity index (χ1) is 8.27. The van der Waals surface area contributed by atoms with Crippen molar-refractivity contribution in [1.29, 1.82) is 0 Å². The van der Waals surface area contributed by atoms with E-state index in [1.807, 2.05) is 0 Å². The standard InChI is InChI=1S/C14H19BrN2/c15-11-4-3-5-12(17-8-1-2-9-17)13(11)14(10-16)6-7-14/h3-5H,1-2,6-10,16H2. The van der Waals surface area contributed by atoms with Crippen molar-refractivity contribution >= 4 is 21.6 Å². The highest BCUT2D eigenvalue weighted by Crippen LogP contribution is 2.53. The molecular weight excluding hydrogens is 276 g/mol. The molecule has 1 saturated heterocycles. The van der Waals surface area contributed by atoms with Crippen LogP contribution in [0.15, 0.2) is 22.7 Å². The Morgan fingerprint density at radius 2 is 1.94 bits per heavy atom. The number of nitrogens with zero attached hydrogens (tertiary/aromatic N) is 1. The second-order valence-electron chi connectivity index (χ2n) is 5.31. The van der Waals surface area contributed by atoms with E-state index in [4.69, 9.17) is 5.73 Å². The van der Waals surface area contributed by atoms with Crippen LogP contribution in [0.4, 0.5) is 5.69 Å². The summed E-state index contributed by atoms with van der Waals surface area (Å²) in [5.41, 5.74) is 9.14. The molecule has 0 bridgehead atoms. The molecule has 1 aromatic rings. The van der Waals surface area contributed by atoms with Gasteiger partial charge in [-0.05, 0) is 43.4 Å². The molecule has 0 radical (unpaired) electrons. The van der Waals surface area contributed by atoms with Crippen molar-refractivity contribution in [1.82, 2.24) is 0 Å². The van der Waals surface area contributed by atoms with Crippen molar-refractivity contribution in [2.45, 2.75) is 31.1 Å². The maximum absolute atomic E-state index is 6.00. The van der Waals surface area contributed by atoms with E-state index in [9.17, 15) is 0 Å². The molecule has 92 valence electrons. The van der Waals surface area contributed by atoms with Gasteiger partial charge in [-0.15, -0.1) is 0 Å². The summed E-state index contributed by atoms with van der Waals surface area (Å²) in [6.07, 6.45) is 5.13. The molecule has 3 heteroatoms. The molecule has 1 heterocycles. The minimum atomic E-state index is 0.262. The minimum Gasteiger partial charge on any atom is -0.371 e. The first-order valence-electron chi connectivity index (χ1n) is 6.51. The quantitative estimate of drug-likeness (QED) is 0.928. The van der Waals surface area contributed by atoms with Crippen LogP contribution in [0.1, 0.15) is 31.2 Å². The van der Waals surface area contributed by atoms with Gasteiger partial charge >= 0.3 is 0 Å². The fourth-order valence-corrected chi connectivity index (χ4v) is 3.74. The summed E-state index contributed by atoms with van der Waals surface area (Å²) in [7, 11) is 0. The Kier molecular flexibility index (Phi) is 2.91. The van der Waals surface area contributed by atoms with Crippen molar-refractivity contribution in [3.05, 3.63) is 28.2 Å². The fourth-order valence-electron chi connectivity index (χ4n) is 2.97. The van der Waals surface area contributed by atoms with Crippen molar-refractivity contribution in [2.75, 3.05) is 24.5 Å². The van der Waals surface area contributed by atoms with Gasteiger partial charge in [-0.2, -0.15) is 0 Å². The highest BCUT2D eigenvalue weighted by atomic mass is 79.9. The predicted molar refractivity (Wildman–Crippen MR) is 75.6 cm³/mol. The molecule has 1 aliphatic heterocycles. The van der Waals surface area contributed by atoms with Gasteiger partial charge in [0.05, 0.1) is 0 Å². The number of hydrogen-bond donors (Lipinski definition) is 1. The van der Waals surface area contributed by atoms with Gasteiger partial charge in [0.1, 0.15) is 0 Å². The zero-order valence-corrected chi connectivity index (χ0v) is 11.7. The SMILES string of the molecule is NCC1(c2c(Br)cccc2N2CCCC2)CC1. The molecule has 0 spiro atoms. The van der Waals surface area contributed by atoms with Crippen molar-refractivity contribution < 1.29 is 0 Å². The third kappa shape index (κ3) is 1.89. The maximum atomic E-state index is 6.00. The van der Waals surface area contributed by atoms with Gasteiger partial charge in [0, 0.05) is 35.2 Å². The molecule has 3 rings (SSSR count). The lowest BCUT2D eigenvalue weighted by atomic mass is 9.94. The van der Waals surface area contributed by atoms with E-state index in [1.165, 1.54) is 54.5 Å². The van der Waals surface area contributed by atoms with Crippen LogP contribution in [0.3, 0.4) is 0 Å². The van der Waals surface area contributed by atoms with Crippen LogP contribution >= 0.6 is 15.9 Å². The summed E-state index contributed by atoms with van der Waals surface area (Å²) in [5, 5.41) is 0. The van der Waals surface area contributed by atoms with Crippen LogP contribution in [0.2, 0.25) is 0 Å². The van der Waals surface area contributed by atoms with Crippen LogP contribution in [-0.4, -0.2) is 19.6 Å². The number of nitrogens with two attached hydrogens (primary N) is 1.